The Labute approximate surface area is 217 Å². The van der Waals surface area contributed by atoms with E-state index in [9.17, 15) is 0 Å². The molecule has 3 heterocycles. The molecule has 0 atom stereocenters. The number of benzene rings is 4. The number of ether oxygens (including phenoxy) is 1. The molecule has 0 bridgehead atoms. The lowest BCUT2D eigenvalue weighted by atomic mass is 10.1. The molecule has 0 unspecified atom stereocenters. The highest BCUT2D eigenvalue weighted by molar-refractivity contribution is 5.94. The molecule has 184 valence electrons. The van der Waals surface area contributed by atoms with E-state index < -0.39 is 0 Å². The maximum absolute atomic E-state index is 6.31. The molecular formula is C30H22N6O2. The first kappa shape index (κ1) is 22.0. The van der Waals surface area contributed by atoms with Crippen molar-refractivity contribution < 1.29 is 9.15 Å². The summed E-state index contributed by atoms with van der Waals surface area (Å²) in [5.74, 6) is 2.57. The number of fused-ring (bicyclic) bond motifs is 2. The average molecular weight is 499 g/mol. The van der Waals surface area contributed by atoms with Gasteiger partial charge in [0.05, 0.1) is 11.8 Å². The summed E-state index contributed by atoms with van der Waals surface area (Å²) < 4.78 is 14.3. The second-order valence-electron chi connectivity index (χ2n) is 9.04. The Balaban J connectivity index is 1.17. The van der Waals surface area contributed by atoms with Crippen molar-refractivity contribution in [2.24, 2.45) is 0 Å². The molecule has 0 aliphatic rings. The van der Waals surface area contributed by atoms with Crippen LogP contribution in [0.15, 0.2) is 108 Å². The largest absolute Gasteiger partial charge is 0.485 e. The van der Waals surface area contributed by atoms with Crippen molar-refractivity contribution in [1.82, 2.24) is 30.2 Å². The summed E-state index contributed by atoms with van der Waals surface area (Å²) in [5.41, 5.74) is 4.33. The van der Waals surface area contributed by atoms with Gasteiger partial charge in [0.25, 0.3) is 0 Å². The van der Waals surface area contributed by atoms with Crippen LogP contribution in [0.5, 0.6) is 5.75 Å². The molecular weight excluding hydrogens is 476 g/mol. The van der Waals surface area contributed by atoms with Crippen molar-refractivity contribution in [2.75, 3.05) is 0 Å². The van der Waals surface area contributed by atoms with Gasteiger partial charge in [0.15, 0.2) is 12.4 Å². The van der Waals surface area contributed by atoms with Gasteiger partial charge < -0.3 is 13.7 Å². The molecule has 0 spiro atoms. The molecule has 38 heavy (non-hydrogen) atoms. The third kappa shape index (κ3) is 4.18. The van der Waals surface area contributed by atoms with Crippen LogP contribution in [0, 0.1) is 0 Å². The van der Waals surface area contributed by atoms with Crippen molar-refractivity contribution in [3.63, 3.8) is 0 Å². The average Bonchev–Trinajstić information content (AvgIpc) is 3.73. The highest BCUT2D eigenvalue weighted by Gasteiger charge is 2.16. The Bertz CT molecular complexity index is 1850. The van der Waals surface area contributed by atoms with Crippen LogP contribution >= 0.6 is 0 Å². The van der Waals surface area contributed by atoms with Crippen molar-refractivity contribution in [3.8, 4) is 28.5 Å². The highest BCUT2D eigenvalue weighted by atomic mass is 16.5. The topological polar surface area (TPSA) is 94.7 Å². The number of para-hydroxylation sites is 1. The van der Waals surface area contributed by atoms with E-state index in [-0.39, 0.29) is 6.61 Å². The number of aromatic amines is 1. The minimum atomic E-state index is 0.253. The Hall–Kier alpha value is -5.24. The second-order valence-corrected chi connectivity index (χ2v) is 9.04. The summed E-state index contributed by atoms with van der Waals surface area (Å²) in [6.45, 7) is 1.03. The van der Waals surface area contributed by atoms with E-state index in [1.807, 2.05) is 36.4 Å². The molecule has 0 saturated carbocycles. The quantitative estimate of drug-likeness (QED) is 0.279. The lowest BCUT2D eigenvalue weighted by Gasteiger charge is -2.06. The normalized spacial score (nSPS) is 11.4. The van der Waals surface area contributed by atoms with E-state index in [1.165, 1.54) is 5.56 Å². The van der Waals surface area contributed by atoms with Crippen LogP contribution in [0.1, 0.15) is 11.4 Å². The molecule has 7 rings (SSSR count). The molecule has 3 aromatic heterocycles. The Morgan fingerprint density at radius 1 is 0.868 bits per heavy atom. The molecule has 7 aromatic rings. The van der Waals surface area contributed by atoms with Gasteiger partial charge in [-0.3, -0.25) is 0 Å². The number of tetrazole rings is 1. The number of hydrogen-bond donors (Lipinski definition) is 1. The van der Waals surface area contributed by atoms with Crippen molar-refractivity contribution >= 4 is 21.7 Å². The number of H-pyrrole nitrogens is 1. The van der Waals surface area contributed by atoms with E-state index in [2.05, 4.69) is 91.0 Å². The molecule has 8 nitrogen and oxygen atoms in total. The van der Waals surface area contributed by atoms with Crippen LogP contribution in [-0.2, 0) is 13.2 Å². The van der Waals surface area contributed by atoms with Gasteiger partial charge in [-0.25, -0.2) is 4.98 Å². The standard InChI is InChI=1S/C30H22N6O2/c1-2-6-20(7-3-1)17-36-18-26(25-8-4-5-9-27(25)36)30-31-16-28(38-30)23-11-10-22-15-24(13-12-21(22)14-23)37-19-29-32-34-35-33-29/h1-16,18H,17,19H2,(H,32,33,34,35). The zero-order valence-corrected chi connectivity index (χ0v) is 20.3. The van der Waals surface area contributed by atoms with Crippen LogP contribution in [0.3, 0.4) is 0 Å². The Morgan fingerprint density at radius 2 is 1.71 bits per heavy atom. The molecule has 0 amide bonds. The van der Waals surface area contributed by atoms with Crippen LogP contribution in [0.4, 0.5) is 0 Å². The summed E-state index contributed by atoms with van der Waals surface area (Å²) in [4.78, 5) is 4.66. The van der Waals surface area contributed by atoms with E-state index in [1.54, 1.807) is 6.20 Å². The monoisotopic (exact) mass is 498 g/mol. The summed E-state index contributed by atoms with van der Waals surface area (Å²) in [6.07, 6.45) is 3.92. The second kappa shape index (κ2) is 9.33. The summed E-state index contributed by atoms with van der Waals surface area (Å²) >= 11 is 0. The predicted molar refractivity (Wildman–Crippen MR) is 144 cm³/mol. The van der Waals surface area contributed by atoms with E-state index in [0.29, 0.717) is 11.7 Å². The highest BCUT2D eigenvalue weighted by Crippen LogP contribution is 2.34. The lowest BCUT2D eigenvalue weighted by Crippen LogP contribution is -1.97. The van der Waals surface area contributed by atoms with E-state index in [4.69, 9.17) is 9.15 Å². The number of aromatic nitrogens is 6. The fourth-order valence-corrected chi connectivity index (χ4v) is 4.72. The molecule has 1 N–H and O–H groups in total. The van der Waals surface area contributed by atoms with Crippen LogP contribution in [-0.4, -0.2) is 30.2 Å². The van der Waals surface area contributed by atoms with Crippen LogP contribution < -0.4 is 4.74 Å². The van der Waals surface area contributed by atoms with Gasteiger partial charge in [-0.05, 0) is 40.6 Å². The molecule has 0 radical (unpaired) electrons. The number of rotatable bonds is 7. The van der Waals surface area contributed by atoms with Gasteiger partial charge >= 0.3 is 0 Å². The predicted octanol–water partition coefficient (Wildman–Crippen LogP) is 6.26. The maximum atomic E-state index is 6.31. The maximum Gasteiger partial charge on any atom is 0.228 e. The van der Waals surface area contributed by atoms with Crippen LogP contribution in [0.2, 0.25) is 0 Å². The molecule has 0 aliphatic heterocycles. The van der Waals surface area contributed by atoms with Crippen molar-refractivity contribution in [3.05, 3.63) is 115 Å². The third-order valence-electron chi connectivity index (χ3n) is 6.57. The number of nitrogens with zero attached hydrogens (tertiary/aromatic N) is 5. The number of hydrogen-bond acceptors (Lipinski definition) is 6. The first-order chi connectivity index (χ1) is 18.8. The molecule has 8 heteroatoms. The molecule has 0 fully saturated rings. The SMILES string of the molecule is c1ccc(Cn2cc(-c3ncc(-c4ccc5cc(OCc6nn[nH]n6)ccc5c4)o3)c3ccccc32)cc1. The van der Waals surface area contributed by atoms with Gasteiger partial charge in [-0.2, -0.15) is 5.21 Å². The zero-order valence-electron chi connectivity index (χ0n) is 20.3. The van der Waals surface area contributed by atoms with Gasteiger partial charge in [0, 0.05) is 29.2 Å². The van der Waals surface area contributed by atoms with Crippen LogP contribution in [0.25, 0.3) is 44.5 Å². The zero-order chi connectivity index (χ0) is 25.3. The fourth-order valence-electron chi connectivity index (χ4n) is 4.72. The minimum Gasteiger partial charge on any atom is -0.485 e. The summed E-state index contributed by atoms with van der Waals surface area (Å²) in [6, 6.07) is 30.9. The number of oxazole rings is 1. The first-order valence-corrected chi connectivity index (χ1v) is 12.3. The van der Waals surface area contributed by atoms with Crippen molar-refractivity contribution in [2.45, 2.75) is 13.2 Å². The Kier molecular flexibility index (Phi) is 5.40. The molecule has 0 saturated heterocycles. The van der Waals surface area contributed by atoms with E-state index >= 15 is 0 Å². The lowest BCUT2D eigenvalue weighted by molar-refractivity contribution is 0.296. The third-order valence-corrected chi connectivity index (χ3v) is 6.57. The molecule has 0 aliphatic carbocycles. The first-order valence-electron chi connectivity index (χ1n) is 12.3. The Morgan fingerprint density at radius 3 is 2.61 bits per heavy atom. The van der Waals surface area contributed by atoms with Gasteiger partial charge in [-0.1, -0.05) is 71.9 Å². The number of nitrogens with one attached hydrogen (secondary N) is 1. The fraction of sp³-hybridized carbons (Fsp3) is 0.0667. The summed E-state index contributed by atoms with van der Waals surface area (Å²) in [7, 11) is 0. The van der Waals surface area contributed by atoms with Gasteiger partial charge in [0.1, 0.15) is 5.75 Å². The smallest absolute Gasteiger partial charge is 0.228 e. The summed E-state index contributed by atoms with van der Waals surface area (Å²) in [5, 5.41) is 17.0. The van der Waals surface area contributed by atoms with E-state index in [0.717, 1.165) is 50.9 Å². The van der Waals surface area contributed by atoms with Gasteiger partial charge in [0.2, 0.25) is 11.7 Å². The minimum absolute atomic E-state index is 0.253. The van der Waals surface area contributed by atoms with Gasteiger partial charge in [-0.15, -0.1) is 10.2 Å². The molecule has 4 aromatic carbocycles. The van der Waals surface area contributed by atoms with Crippen molar-refractivity contribution in [1.29, 1.82) is 0 Å².